The standard InChI is InChI=1S/C14H14N2O4S/c1-20-12-4-3-5-13(21(2,18)19)11(12)8-6-10-7-9-14(17)16-15-10/h3-9H,1-2H3,(H,16,17)/b8-6+. The monoisotopic (exact) mass is 306 g/mol. The van der Waals surface area contributed by atoms with Crippen LogP contribution in [0, 0.1) is 0 Å². The Morgan fingerprint density at radius 2 is 1.95 bits per heavy atom. The molecule has 0 atom stereocenters. The van der Waals surface area contributed by atoms with Crippen molar-refractivity contribution in [1.82, 2.24) is 10.2 Å². The average molecular weight is 306 g/mol. The molecule has 0 aliphatic rings. The molecule has 0 radical (unpaired) electrons. The van der Waals surface area contributed by atoms with Crippen LogP contribution in [0.1, 0.15) is 11.3 Å². The Bertz CT molecular complexity index is 818. The topological polar surface area (TPSA) is 89.1 Å². The van der Waals surface area contributed by atoms with Gasteiger partial charge in [0.15, 0.2) is 9.84 Å². The molecular weight excluding hydrogens is 292 g/mol. The van der Waals surface area contributed by atoms with Crippen molar-refractivity contribution in [2.45, 2.75) is 4.90 Å². The van der Waals surface area contributed by atoms with Crippen LogP contribution in [-0.4, -0.2) is 32.0 Å². The van der Waals surface area contributed by atoms with Gasteiger partial charge in [-0.25, -0.2) is 13.5 Å². The van der Waals surface area contributed by atoms with Crippen LogP contribution >= 0.6 is 0 Å². The smallest absolute Gasteiger partial charge is 0.264 e. The summed E-state index contributed by atoms with van der Waals surface area (Å²) in [6, 6.07) is 7.68. The fourth-order valence-electron chi connectivity index (χ4n) is 1.81. The summed E-state index contributed by atoms with van der Waals surface area (Å²) < 4.78 is 28.8. The van der Waals surface area contributed by atoms with Gasteiger partial charge in [-0.3, -0.25) is 4.79 Å². The maximum absolute atomic E-state index is 11.8. The van der Waals surface area contributed by atoms with E-state index in [0.29, 0.717) is 17.0 Å². The number of aromatic amines is 1. The third kappa shape index (κ3) is 3.57. The highest BCUT2D eigenvalue weighted by Gasteiger charge is 2.15. The van der Waals surface area contributed by atoms with Crippen molar-refractivity contribution in [3.63, 3.8) is 0 Å². The maximum Gasteiger partial charge on any atom is 0.264 e. The van der Waals surface area contributed by atoms with E-state index in [1.807, 2.05) is 0 Å². The van der Waals surface area contributed by atoms with Crippen molar-refractivity contribution < 1.29 is 13.2 Å². The van der Waals surface area contributed by atoms with Gasteiger partial charge in [-0.2, -0.15) is 5.10 Å². The fraction of sp³-hybridized carbons (Fsp3) is 0.143. The van der Waals surface area contributed by atoms with E-state index in [1.54, 1.807) is 24.3 Å². The molecule has 6 nitrogen and oxygen atoms in total. The molecule has 21 heavy (non-hydrogen) atoms. The van der Waals surface area contributed by atoms with E-state index >= 15 is 0 Å². The Labute approximate surface area is 122 Å². The van der Waals surface area contributed by atoms with Crippen molar-refractivity contribution in [1.29, 1.82) is 0 Å². The highest BCUT2D eigenvalue weighted by atomic mass is 32.2. The number of aromatic nitrogens is 2. The zero-order valence-corrected chi connectivity index (χ0v) is 12.3. The average Bonchev–Trinajstić information content (AvgIpc) is 2.45. The molecule has 0 aliphatic heterocycles. The molecule has 1 aromatic carbocycles. The van der Waals surface area contributed by atoms with Gasteiger partial charge in [0.2, 0.25) is 0 Å². The van der Waals surface area contributed by atoms with Gasteiger partial charge in [-0.05, 0) is 30.4 Å². The summed E-state index contributed by atoms with van der Waals surface area (Å²) in [5, 5.41) is 6.13. The van der Waals surface area contributed by atoms with E-state index in [4.69, 9.17) is 4.74 Å². The number of hydrogen-bond acceptors (Lipinski definition) is 5. The van der Waals surface area contributed by atoms with E-state index in [9.17, 15) is 13.2 Å². The zero-order valence-electron chi connectivity index (χ0n) is 11.5. The number of benzene rings is 1. The lowest BCUT2D eigenvalue weighted by molar-refractivity contribution is 0.412. The second-order valence-corrected chi connectivity index (χ2v) is 6.31. The summed E-state index contributed by atoms with van der Waals surface area (Å²) in [6.45, 7) is 0. The first-order valence-electron chi connectivity index (χ1n) is 6.02. The second-order valence-electron chi connectivity index (χ2n) is 4.32. The minimum atomic E-state index is -3.39. The van der Waals surface area contributed by atoms with Gasteiger partial charge >= 0.3 is 0 Å². The highest BCUT2D eigenvalue weighted by Crippen LogP contribution is 2.27. The largest absolute Gasteiger partial charge is 0.496 e. The minimum Gasteiger partial charge on any atom is -0.496 e. The molecule has 110 valence electrons. The van der Waals surface area contributed by atoms with Crippen LogP contribution in [0.25, 0.3) is 12.2 Å². The molecule has 1 aromatic heterocycles. The summed E-state index contributed by atoms with van der Waals surface area (Å²) in [5.41, 5.74) is 0.636. The third-order valence-electron chi connectivity index (χ3n) is 2.77. The molecule has 0 aliphatic carbocycles. The van der Waals surface area contributed by atoms with Crippen molar-refractivity contribution >= 4 is 22.0 Å². The van der Waals surface area contributed by atoms with Gasteiger partial charge in [0.1, 0.15) is 5.75 Å². The Kier molecular flexibility index (Phi) is 4.23. The van der Waals surface area contributed by atoms with Gasteiger partial charge < -0.3 is 4.74 Å². The molecule has 1 heterocycles. The lowest BCUT2D eigenvalue weighted by atomic mass is 10.1. The van der Waals surface area contributed by atoms with E-state index in [0.717, 1.165) is 6.26 Å². The summed E-state index contributed by atoms with van der Waals surface area (Å²) in [7, 11) is -1.92. The molecule has 0 spiro atoms. The van der Waals surface area contributed by atoms with E-state index in [-0.39, 0.29) is 10.5 Å². The molecule has 0 saturated carbocycles. The number of ether oxygens (including phenoxy) is 1. The fourth-order valence-corrected chi connectivity index (χ4v) is 2.70. The summed E-state index contributed by atoms with van der Waals surface area (Å²) in [6.07, 6.45) is 4.33. The molecule has 0 unspecified atom stereocenters. The lowest BCUT2D eigenvalue weighted by Gasteiger charge is -2.09. The Morgan fingerprint density at radius 3 is 2.52 bits per heavy atom. The quantitative estimate of drug-likeness (QED) is 0.921. The molecular formula is C14H14N2O4S. The molecule has 1 N–H and O–H groups in total. The summed E-state index contributed by atoms with van der Waals surface area (Å²) in [5.74, 6) is 0.443. The first kappa shape index (κ1) is 15.0. The van der Waals surface area contributed by atoms with Crippen LogP contribution in [0.3, 0.4) is 0 Å². The van der Waals surface area contributed by atoms with Gasteiger partial charge in [0.05, 0.1) is 17.7 Å². The van der Waals surface area contributed by atoms with Crippen LogP contribution in [0.15, 0.2) is 40.0 Å². The zero-order chi connectivity index (χ0) is 15.5. The number of nitrogens with zero attached hydrogens (tertiary/aromatic N) is 1. The van der Waals surface area contributed by atoms with E-state index < -0.39 is 9.84 Å². The summed E-state index contributed by atoms with van der Waals surface area (Å²) in [4.78, 5) is 11.1. The number of nitrogens with one attached hydrogen (secondary N) is 1. The van der Waals surface area contributed by atoms with Crippen molar-refractivity contribution in [3.8, 4) is 5.75 Å². The van der Waals surface area contributed by atoms with Crippen LogP contribution in [-0.2, 0) is 9.84 Å². The first-order valence-corrected chi connectivity index (χ1v) is 7.92. The Morgan fingerprint density at radius 1 is 1.19 bits per heavy atom. The minimum absolute atomic E-state index is 0.169. The van der Waals surface area contributed by atoms with Gasteiger partial charge in [-0.15, -0.1) is 0 Å². The molecule has 0 fully saturated rings. The van der Waals surface area contributed by atoms with Gasteiger partial charge in [0, 0.05) is 17.9 Å². The molecule has 0 saturated heterocycles. The Hall–Kier alpha value is -2.41. The maximum atomic E-state index is 11.8. The normalized spacial score (nSPS) is 11.7. The van der Waals surface area contributed by atoms with E-state index in [1.165, 1.54) is 25.3 Å². The van der Waals surface area contributed by atoms with Crippen LogP contribution in [0.2, 0.25) is 0 Å². The predicted molar refractivity (Wildman–Crippen MR) is 79.9 cm³/mol. The molecule has 7 heteroatoms. The highest BCUT2D eigenvalue weighted by molar-refractivity contribution is 7.90. The van der Waals surface area contributed by atoms with Gasteiger partial charge in [-0.1, -0.05) is 6.07 Å². The molecule has 2 rings (SSSR count). The predicted octanol–water partition coefficient (Wildman–Crippen LogP) is 1.35. The summed E-state index contributed by atoms with van der Waals surface area (Å²) >= 11 is 0. The second kappa shape index (κ2) is 5.92. The van der Waals surface area contributed by atoms with Crippen molar-refractivity contribution in [2.75, 3.05) is 13.4 Å². The van der Waals surface area contributed by atoms with Crippen LogP contribution in [0.4, 0.5) is 0 Å². The van der Waals surface area contributed by atoms with Gasteiger partial charge in [0.25, 0.3) is 5.56 Å². The number of H-pyrrole nitrogens is 1. The van der Waals surface area contributed by atoms with Crippen LogP contribution in [0.5, 0.6) is 5.75 Å². The number of sulfone groups is 1. The van der Waals surface area contributed by atoms with Crippen LogP contribution < -0.4 is 10.3 Å². The number of hydrogen-bond donors (Lipinski definition) is 1. The number of rotatable bonds is 4. The molecule has 0 amide bonds. The number of methoxy groups -OCH3 is 1. The van der Waals surface area contributed by atoms with Crippen molar-refractivity contribution in [2.24, 2.45) is 0 Å². The molecule has 0 bridgehead atoms. The van der Waals surface area contributed by atoms with Crippen molar-refractivity contribution in [3.05, 3.63) is 51.9 Å². The molecule has 2 aromatic rings. The lowest BCUT2D eigenvalue weighted by Crippen LogP contribution is -2.05. The SMILES string of the molecule is COc1cccc(S(C)(=O)=O)c1/C=C/c1ccc(=O)[nH]n1. The Balaban J connectivity index is 2.52. The van der Waals surface area contributed by atoms with E-state index in [2.05, 4.69) is 10.2 Å². The third-order valence-corrected chi connectivity index (χ3v) is 3.92. The first-order chi connectivity index (χ1) is 9.91.